The summed E-state index contributed by atoms with van der Waals surface area (Å²) >= 11 is 1.50. The van der Waals surface area contributed by atoms with E-state index in [2.05, 4.69) is 42.2 Å². The van der Waals surface area contributed by atoms with Crippen molar-refractivity contribution in [1.82, 2.24) is 19.7 Å². The van der Waals surface area contributed by atoms with Crippen LogP contribution in [-0.4, -0.2) is 40.5 Å². The Morgan fingerprint density at radius 3 is 3.04 bits per heavy atom. The maximum absolute atomic E-state index is 4.56. The van der Waals surface area contributed by atoms with Crippen LogP contribution in [0.3, 0.4) is 0 Å². The van der Waals surface area contributed by atoms with Gasteiger partial charge in [-0.3, -0.25) is 0 Å². The molecular weight excluding hydrogens is 330 g/mol. The number of pyridine rings is 1. The zero-order valence-corrected chi connectivity index (χ0v) is 15.1. The summed E-state index contributed by atoms with van der Waals surface area (Å²) in [4.78, 5) is 10.5. The predicted octanol–water partition coefficient (Wildman–Crippen LogP) is 3.66. The lowest BCUT2D eigenvalue weighted by Gasteiger charge is -2.46. The van der Waals surface area contributed by atoms with Gasteiger partial charge in [0, 0.05) is 71.2 Å². The smallest absolute Gasteiger partial charge is 0.139 e. The third-order valence-electron chi connectivity index (χ3n) is 5.86. The molecule has 0 bridgehead atoms. The first-order valence-electron chi connectivity index (χ1n) is 9.16. The van der Waals surface area contributed by atoms with Gasteiger partial charge in [0.1, 0.15) is 5.65 Å². The summed E-state index contributed by atoms with van der Waals surface area (Å²) in [5.74, 6) is 0. The van der Waals surface area contributed by atoms with Crippen molar-refractivity contribution in [3.8, 4) is 11.1 Å². The normalized spacial score (nSPS) is 24.2. The first-order chi connectivity index (χ1) is 12.3. The van der Waals surface area contributed by atoms with Crippen LogP contribution in [0.5, 0.6) is 0 Å². The van der Waals surface area contributed by atoms with Crippen molar-refractivity contribution >= 4 is 28.3 Å². The minimum Gasteiger partial charge on any atom is -0.370 e. The Kier molecular flexibility index (Phi) is 3.75. The summed E-state index contributed by atoms with van der Waals surface area (Å²) in [7, 11) is 0. The Balaban J connectivity index is 1.57. The number of aromatic amines is 1. The van der Waals surface area contributed by atoms with Gasteiger partial charge in [-0.05, 0) is 49.8 Å². The number of nitrogens with one attached hydrogen (secondary N) is 2. The second kappa shape index (κ2) is 6.11. The van der Waals surface area contributed by atoms with Crippen LogP contribution < -0.4 is 10.2 Å². The van der Waals surface area contributed by atoms with Crippen LogP contribution in [0.15, 0.2) is 30.0 Å². The average Bonchev–Trinajstić information content (AvgIpc) is 3.31. The van der Waals surface area contributed by atoms with Crippen molar-refractivity contribution < 1.29 is 0 Å². The quantitative estimate of drug-likeness (QED) is 0.738. The number of nitrogens with zero attached hydrogens (tertiary/aromatic N) is 3. The molecule has 1 spiro atoms. The summed E-state index contributed by atoms with van der Waals surface area (Å²) in [6, 6.07) is 2.19. The molecule has 130 valence electrons. The highest BCUT2D eigenvalue weighted by atomic mass is 32.1. The van der Waals surface area contributed by atoms with E-state index in [1.165, 1.54) is 66.0 Å². The molecule has 3 aromatic heterocycles. The van der Waals surface area contributed by atoms with Crippen molar-refractivity contribution in [2.24, 2.45) is 5.41 Å². The maximum atomic E-state index is 4.56. The first kappa shape index (κ1) is 15.3. The maximum Gasteiger partial charge on any atom is 0.139 e. The van der Waals surface area contributed by atoms with Crippen molar-refractivity contribution in [1.29, 1.82) is 0 Å². The number of H-pyrrole nitrogens is 1. The summed E-state index contributed by atoms with van der Waals surface area (Å²) in [6.07, 6.45) is 11.2. The minimum absolute atomic E-state index is 0.437. The van der Waals surface area contributed by atoms with Crippen LogP contribution in [0.4, 0.5) is 5.69 Å². The van der Waals surface area contributed by atoms with Gasteiger partial charge in [0.25, 0.3) is 0 Å². The van der Waals surface area contributed by atoms with Crippen LogP contribution in [0.25, 0.3) is 22.2 Å². The number of piperidine rings is 2. The molecule has 3 aromatic rings. The van der Waals surface area contributed by atoms with Gasteiger partial charge in [-0.1, -0.05) is 0 Å². The fourth-order valence-corrected chi connectivity index (χ4v) is 5.20. The molecular formula is C19H23N5S. The molecule has 1 atom stereocenters. The van der Waals surface area contributed by atoms with E-state index in [-0.39, 0.29) is 0 Å². The molecule has 2 aliphatic rings. The van der Waals surface area contributed by atoms with Crippen molar-refractivity contribution in [3.63, 3.8) is 0 Å². The molecule has 0 aromatic carbocycles. The van der Waals surface area contributed by atoms with E-state index >= 15 is 0 Å². The van der Waals surface area contributed by atoms with E-state index in [0.29, 0.717) is 5.41 Å². The SMILES string of the molecule is c1cc(N2CCCC3(CCCNC3)C2)c2c(-c3cnsc3)c[nH]c2n1. The summed E-state index contributed by atoms with van der Waals surface area (Å²) in [5.41, 5.74) is 5.12. The van der Waals surface area contributed by atoms with Crippen molar-refractivity contribution in [3.05, 3.63) is 30.0 Å². The number of rotatable bonds is 2. The molecule has 1 unspecified atom stereocenters. The number of hydrogen-bond acceptors (Lipinski definition) is 5. The molecule has 2 fully saturated rings. The van der Waals surface area contributed by atoms with Crippen molar-refractivity contribution in [2.75, 3.05) is 31.1 Å². The Morgan fingerprint density at radius 2 is 2.20 bits per heavy atom. The minimum atomic E-state index is 0.437. The van der Waals surface area contributed by atoms with Crippen LogP contribution in [0.1, 0.15) is 25.7 Å². The lowest BCUT2D eigenvalue weighted by atomic mass is 9.74. The third kappa shape index (κ3) is 2.64. The molecule has 2 N–H and O–H groups in total. The van der Waals surface area contributed by atoms with Gasteiger partial charge >= 0.3 is 0 Å². The van der Waals surface area contributed by atoms with E-state index in [1.807, 2.05) is 12.4 Å². The van der Waals surface area contributed by atoms with E-state index in [4.69, 9.17) is 0 Å². The Labute approximate surface area is 151 Å². The third-order valence-corrected chi connectivity index (χ3v) is 6.44. The van der Waals surface area contributed by atoms with Gasteiger partial charge in [-0.25, -0.2) is 9.36 Å². The predicted molar refractivity (Wildman–Crippen MR) is 103 cm³/mol. The average molecular weight is 353 g/mol. The second-order valence-corrected chi connectivity index (χ2v) is 8.13. The summed E-state index contributed by atoms with van der Waals surface area (Å²) in [6.45, 7) is 4.61. The number of aromatic nitrogens is 3. The Morgan fingerprint density at radius 1 is 1.24 bits per heavy atom. The molecule has 5 nitrogen and oxygen atoms in total. The molecule has 5 rings (SSSR count). The molecule has 5 heterocycles. The number of anilines is 1. The lowest BCUT2D eigenvalue weighted by Crippen LogP contribution is -2.51. The second-order valence-electron chi connectivity index (χ2n) is 7.47. The van der Waals surface area contributed by atoms with Crippen LogP contribution >= 0.6 is 11.5 Å². The Bertz CT molecular complexity index is 858. The first-order valence-corrected chi connectivity index (χ1v) is 10.00. The zero-order chi connectivity index (χ0) is 16.7. The molecule has 0 saturated carbocycles. The van der Waals surface area contributed by atoms with E-state index < -0.39 is 0 Å². The number of hydrogen-bond donors (Lipinski definition) is 2. The topological polar surface area (TPSA) is 56.8 Å². The molecule has 2 aliphatic heterocycles. The molecule has 25 heavy (non-hydrogen) atoms. The zero-order valence-electron chi connectivity index (χ0n) is 14.3. The standard InChI is InChI=1S/C19H23N5S/c1-4-19(12-20-6-1)5-2-8-24(13-19)16-3-7-21-18-17(16)15(10-22-18)14-9-23-25-11-14/h3,7,9-11,20H,1-2,4-6,8,12-13H2,(H,21,22). The Hall–Kier alpha value is -1.92. The van der Waals surface area contributed by atoms with E-state index in [9.17, 15) is 0 Å². The molecule has 0 radical (unpaired) electrons. The summed E-state index contributed by atoms with van der Waals surface area (Å²) < 4.78 is 4.28. The largest absolute Gasteiger partial charge is 0.370 e. The monoisotopic (exact) mass is 353 g/mol. The van der Waals surface area contributed by atoms with E-state index in [1.54, 1.807) is 0 Å². The number of fused-ring (bicyclic) bond motifs is 1. The van der Waals surface area contributed by atoms with Gasteiger partial charge in [0.05, 0.1) is 0 Å². The fourth-order valence-electron chi connectivity index (χ4n) is 4.66. The van der Waals surface area contributed by atoms with Crippen LogP contribution in [0, 0.1) is 5.41 Å². The van der Waals surface area contributed by atoms with Crippen molar-refractivity contribution in [2.45, 2.75) is 25.7 Å². The molecule has 0 amide bonds. The highest BCUT2D eigenvalue weighted by Gasteiger charge is 2.37. The summed E-state index contributed by atoms with van der Waals surface area (Å²) in [5, 5.41) is 6.98. The molecule has 6 heteroatoms. The molecule has 2 saturated heterocycles. The van der Waals surface area contributed by atoms with E-state index in [0.717, 1.165) is 25.3 Å². The molecule has 0 aliphatic carbocycles. The highest BCUT2D eigenvalue weighted by Crippen LogP contribution is 2.41. The van der Waals surface area contributed by atoms with Crippen LogP contribution in [-0.2, 0) is 0 Å². The van der Waals surface area contributed by atoms with Gasteiger partial charge in [0.2, 0.25) is 0 Å². The fraction of sp³-hybridized carbons (Fsp3) is 0.474. The van der Waals surface area contributed by atoms with Gasteiger partial charge in [-0.2, -0.15) is 0 Å². The lowest BCUT2D eigenvalue weighted by molar-refractivity contribution is 0.173. The van der Waals surface area contributed by atoms with Gasteiger partial charge in [0.15, 0.2) is 0 Å². The van der Waals surface area contributed by atoms with Crippen LogP contribution in [0.2, 0.25) is 0 Å². The van der Waals surface area contributed by atoms with Gasteiger partial charge in [-0.15, -0.1) is 0 Å². The highest BCUT2D eigenvalue weighted by molar-refractivity contribution is 7.03. The van der Waals surface area contributed by atoms with Gasteiger partial charge < -0.3 is 15.2 Å².